The van der Waals surface area contributed by atoms with Crippen LogP contribution in [0, 0.1) is 0 Å². The third kappa shape index (κ3) is 3.34. The van der Waals surface area contributed by atoms with Crippen LogP contribution in [0.5, 0.6) is 11.5 Å². The zero-order chi connectivity index (χ0) is 16.3. The molecule has 1 aliphatic carbocycles. The van der Waals surface area contributed by atoms with Gasteiger partial charge in [-0.2, -0.15) is 0 Å². The number of benzene rings is 1. The van der Waals surface area contributed by atoms with Gasteiger partial charge >= 0.3 is 0 Å². The zero-order valence-corrected chi connectivity index (χ0v) is 12.8. The first kappa shape index (κ1) is 15.8. The maximum atomic E-state index is 12.2. The van der Waals surface area contributed by atoms with Crippen molar-refractivity contribution in [3.8, 4) is 11.5 Å². The van der Waals surface area contributed by atoms with Gasteiger partial charge in [0.05, 0.1) is 11.1 Å². The van der Waals surface area contributed by atoms with Crippen LogP contribution >= 0.6 is 0 Å². The van der Waals surface area contributed by atoms with Crippen LogP contribution < -0.4 is 9.47 Å². The van der Waals surface area contributed by atoms with E-state index < -0.39 is 0 Å². The van der Waals surface area contributed by atoms with Crippen LogP contribution in [-0.2, 0) is 0 Å². The fourth-order valence-corrected chi connectivity index (χ4v) is 2.01. The molecule has 2 rings (SSSR count). The monoisotopic (exact) mass is 298 g/mol. The Morgan fingerprint density at radius 2 is 1.23 bits per heavy atom. The number of ketones is 2. The molecule has 0 N–H and O–H groups in total. The molecular weight excluding hydrogens is 280 g/mol. The molecule has 0 bridgehead atoms. The maximum Gasteiger partial charge on any atom is 0.190 e. The van der Waals surface area contributed by atoms with Gasteiger partial charge in [-0.3, -0.25) is 9.59 Å². The molecule has 0 aliphatic heterocycles. The van der Waals surface area contributed by atoms with Crippen molar-refractivity contribution in [3.63, 3.8) is 0 Å². The molecule has 0 unspecified atom stereocenters. The number of carbonyl (C=O) groups is 2. The first-order valence-corrected chi connectivity index (χ1v) is 6.88. The third-order valence-corrected chi connectivity index (χ3v) is 2.96. The van der Waals surface area contributed by atoms with Crippen molar-refractivity contribution in [2.45, 2.75) is 13.8 Å². The Morgan fingerprint density at radius 1 is 0.864 bits per heavy atom. The molecule has 22 heavy (non-hydrogen) atoms. The Bertz CT molecular complexity index is 636. The number of rotatable bonds is 6. The molecule has 0 spiro atoms. The lowest BCUT2D eigenvalue weighted by Crippen LogP contribution is -2.16. The Balaban J connectivity index is 2.46. The maximum absolute atomic E-state index is 12.2. The molecule has 4 nitrogen and oxygen atoms in total. The van der Waals surface area contributed by atoms with Gasteiger partial charge in [0.25, 0.3) is 0 Å². The lowest BCUT2D eigenvalue weighted by Gasteiger charge is -2.18. The van der Waals surface area contributed by atoms with Crippen LogP contribution in [0.2, 0.25) is 0 Å². The number of carbonyl (C=O) groups excluding carboxylic acids is 2. The second-order valence-corrected chi connectivity index (χ2v) is 5.37. The van der Waals surface area contributed by atoms with E-state index in [9.17, 15) is 9.59 Å². The molecule has 1 aliphatic rings. The Labute approximate surface area is 129 Å². The summed E-state index contributed by atoms with van der Waals surface area (Å²) < 4.78 is 11.2. The summed E-state index contributed by atoms with van der Waals surface area (Å²) in [4.78, 5) is 24.3. The van der Waals surface area contributed by atoms with Crippen molar-refractivity contribution in [1.29, 1.82) is 0 Å². The average molecular weight is 298 g/mol. The number of hydrogen-bond donors (Lipinski definition) is 0. The summed E-state index contributed by atoms with van der Waals surface area (Å²) in [5.74, 6) is 0.186. The predicted octanol–water partition coefficient (Wildman–Crippen LogP) is 3.53. The lowest BCUT2D eigenvalue weighted by atomic mass is 9.93. The van der Waals surface area contributed by atoms with Crippen LogP contribution in [0.1, 0.15) is 34.6 Å². The molecule has 114 valence electrons. The van der Waals surface area contributed by atoms with Gasteiger partial charge in [-0.15, -0.1) is 0 Å². The van der Waals surface area contributed by atoms with E-state index in [-0.39, 0.29) is 35.9 Å². The van der Waals surface area contributed by atoms with Crippen LogP contribution in [0.15, 0.2) is 48.6 Å². The van der Waals surface area contributed by atoms with Crippen molar-refractivity contribution in [2.75, 3.05) is 13.2 Å². The first-order valence-electron chi connectivity index (χ1n) is 6.88. The standard InChI is InChI=1S/C18H18O4/c1-11(2)9-21-15-7-8-16(22-10-12(3)4)18-14(20)6-5-13(19)17(15)18/h5-8H,1,3,9-10H2,2,4H3. The molecular formula is C18H18O4. The van der Waals surface area contributed by atoms with Crippen LogP contribution in [-0.4, -0.2) is 24.8 Å². The minimum Gasteiger partial charge on any atom is -0.488 e. The Hall–Kier alpha value is -2.62. The Kier molecular flexibility index (Phi) is 4.61. The average Bonchev–Trinajstić information content (AvgIpc) is 2.46. The Morgan fingerprint density at radius 3 is 1.55 bits per heavy atom. The molecule has 0 heterocycles. The highest BCUT2D eigenvalue weighted by Gasteiger charge is 2.27. The molecule has 0 radical (unpaired) electrons. The molecule has 4 heteroatoms. The molecule has 1 aromatic rings. The quantitative estimate of drug-likeness (QED) is 0.754. The zero-order valence-electron chi connectivity index (χ0n) is 12.8. The van der Waals surface area contributed by atoms with E-state index in [1.165, 1.54) is 12.2 Å². The molecule has 0 amide bonds. The van der Waals surface area contributed by atoms with E-state index in [0.717, 1.165) is 11.1 Å². The van der Waals surface area contributed by atoms with Gasteiger partial charge in [-0.05, 0) is 49.3 Å². The number of hydrogen-bond acceptors (Lipinski definition) is 4. The van der Waals surface area contributed by atoms with Gasteiger partial charge in [0.2, 0.25) is 0 Å². The molecule has 0 atom stereocenters. The minimum absolute atomic E-state index is 0.243. The highest BCUT2D eigenvalue weighted by Crippen LogP contribution is 2.34. The van der Waals surface area contributed by atoms with Crippen molar-refractivity contribution in [3.05, 3.63) is 59.7 Å². The summed E-state index contributed by atoms with van der Waals surface area (Å²) >= 11 is 0. The largest absolute Gasteiger partial charge is 0.488 e. The van der Waals surface area contributed by atoms with Gasteiger partial charge in [-0.1, -0.05) is 13.2 Å². The lowest BCUT2D eigenvalue weighted by molar-refractivity contribution is 0.0988. The smallest absolute Gasteiger partial charge is 0.190 e. The summed E-state index contributed by atoms with van der Waals surface area (Å²) in [6.45, 7) is 11.7. The summed E-state index contributed by atoms with van der Waals surface area (Å²) in [6, 6.07) is 3.28. The summed E-state index contributed by atoms with van der Waals surface area (Å²) in [5.41, 5.74) is 2.13. The normalized spacial score (nSPS) is 12.8. The predicted molar refractivity (Wildman–Crippen MR) is 84.9 cm³/mol. The van der Waals surface area contributed by atoms with E-state index in [4.69, 9.17) is 9.47 Å². The number of fused-ring (bicyclic) bond motifs is 1. The molecule has 0 aromatic heterocycles. The van der Waals surface area contributed by atoms with Gasteiger partial charge in [0, 0.05) is 0 Å². The van der Waals surface area contributed by atoms with Gasteiger partial charge in [0.1, 0.15) is 24.7 Å². The van der Waals surface area contributed by atoms with Gasteiger partial charge in [0.15, 0.2) is 11.6 Å². The molecule has 1 aromatic carbocycles. The highest BCUT2D eigenvalue weighted by atomic mass is 16.5. The molecule has 0 saturated carbocycles. The minimum atomic E-state index is -0.271. The van der Waals surface area contributed by atoms with Gasteiger partial charge in [-0.25, -0.2) is 0 Å². The highest BCUT2D eigenvalue weighted by molar-refractivity contribution is 6.24. The number of allylic oxidation sites excluding steroid dienone is 2. The fourth-order valence-electron chi connectivity index (χ4n) is 2.01. The second kappa shape index (κ2) is 6.43. The van der Waals surface area contributed by atoms with Crippen LogP contribution in [0.25, 0.3) is 0 Å². The van der Waals surface area contributed by atoms with E-state index in [0.29, 0.717) is 11.5 Å². The molecule has 0 saturated heterocycles. The van der Waals surface area contributed by atoms with Crippen molar-refractivity contribution in [2.24, 2.45) is 0 Å². The van der Waals surface area contributed by atoms with E-state index in [2.05, 4.69) is 13.2 Å². The number of ether oxygens (including phenoxy) is 2. The summed E-state index contributed by atoms with van der Waals surface area (Å²) in [5, 5.41) is 0. The van der Waals surface area contributed by atoms with Gasteiger partial charge < -0.3 is 9.47 Å². The third-order valence-electron chi connectivity index (χ3n) is 2.96. The van der Waals surface area contributed by atoms with Crippen LogP contribution in [0.3, 0.4) is 0 Å². The van der Waals surface area contributed by atoms with Crippen molar-refractivity contribution >= 4 is 11.6 Å². The topological polar surface area (TPSA) is 52.6 Å². The fraction of sp³-hybridized carbons (Fsp3) is 0.222. The van der Waals surface area contributed by atoms with E-state index in [1.807, 2.05) is 13.8 Å². The van der Waals surface area contributed by atoms with Crippen LogP contribution in [0.4, 0.5) is 0 Å². The van der Waals surface area contributed by atoms with E-state index >= 15 is 0 Å². The van der Waals surface area contributed by atoms with E-state index in [1.54, 1.807) is 12.1 Å². The molecule has 0 fully saturated rings. The van der Waals surface area contributed by atoms with Crippen molar-refractivity contribution < 1.29 is 19.1 Å². The van der Waals surface area contributed by atoms with Crippen molar-refractivity contribution in [1.82, 2.24) is 0 Å². The first-order chi connectivity index (χ1) is 10.4. The SMILES string of the molecule is C=C(C)COc1ccc(OCC(=C)C)c2c1C(=O)C=CC2=O. The second-order valence-electron chi connectivity index (χ2n) is 5.37. The summed E-state index contributed by atoms with van der Waals surface area (Å²) in [6.07, 6.45) is 2.50. The summed E-state index contributed by atoms with van der Waals surface area (Å²) in [7, 11) is 0.